The number of ether oxygens (including phenoxy) is 1. The molecule has 2 aliphatic heterocycles. The number of sulfonamides is 1. The number of nitrogens with zero attached hydrogens (tertiary/aromatic N) is 4. The van der Waals surface area contributed by atoms with E-state index in [9.17, 15) is 13.5 Å². The van der Waals surface area contributed by atoms with Crippen LogP contribution in [0.15, 0.2) is 36.4 Å². The third-order valence-electron chi connectivity index (χ3n) is 6.43. The molecule has 10 heteroatoms. The summed E-state index contributed by atoms with van der Waals surface area (Å²) in [6, 6.07) is 12.3. The lowest BCUT2D eigenvalue weighted by Crippen LogP contribution is -2.47. The zero-order valence-corrected chi connectivity index (χ0v) is 20.9. The second kappa shape index (κ2) is 9.88. The van der Waals surface area contributed by atoms with Crippen LogP contribution in [0.1, 0.15) is 10.4 Å². The van der Waals surface area contributed by atoms with Crippen molar-refractivity contribution in [3.8, 4) is 11.3 Å². The number of piperazine rings is 1. The lowest BCUT2D eigenvalue weighted by Gasteiger charge is -2.32. The van der Waals surface area contributed by atoms with Crippen LogP contribution in [0.4, 0.5) is 5.82 Å². The van der Waals surface area contributed by atoms with Crippen molar-refractivity contribution in [3.05, 3.63) is 46.8 Å². The molecule has 1 aromatic carbocycles. The summed E-state index contributed by atoms with van der Waals surface area (Å²) in [6.07, 6.45) is 1.28. The molecule has 2 fully saturated rings. The van der Waals surface area contributed by atoms with E-state index in [-0.39, 0.29) is 6.61 Å². The Kier molecular flexibility index (Phi) is 6.88. The van der Waals surface area contributed by atoms with Gasteiger partial charge < -0.3 is 14.7 Å². The first-order valence-corrected chi connectivity index (χ1v) is 14.2. The molecule has 0 unspecified atom stereocenters. The highest BCUT2D eigenvalue weighted by atomic mass is 32.2. The summed E-state index contributed by atoms with van der Waals surface area (Å²) in [7, 11) is -3.13. The monoisotopic (exact) mass is 502 g/mol. The maximum Gasteiger partial charge on any atom is 0.211 e. The van der Waals surface area contributed by atoms with Gasteiger partial charge in [-0.15, -0.1) is 11.3 Å². The van der Waals surface area contributed by atoms with Gasteiger partial charge in [0, 0.05) is 56.3 Å². The Balaban J connectivity index is 1.46. The second-order valence-electron chi connectivity index (χ2n) is 8.86. The van der Waals surface area contributed by atoms with E-state index >= 15 is 0 Å². The molecule has 0 atom stereocenters. The van der Waals surface area contributed by atoms with Crippen LogP contribution in [0.25, 0.3) is 21.3 Å². The molecule has 2 saturated heterocycles. The van der Waals surface area contributed by atoms with Gasteiger partial charge in [-0.1, -0.05) is 18.2 Å². The topological polar surface area (TPSA) is 86.2 Å². The van der Waals surface area contributed by atoms with Gasteiger partial charge in [-0.25, -0.2) is 13.4 Å². The minimum atomic E-state index is -3.13. The normalized spacial score (nSPS) is 18.6. The van der Waals surface area contributed by atoms with Crippen LogP contribution in [0.5, 0.6) is 0 Å². The van der Waals surface area contributed by atoms with Gasteiger partial charge in [0.15, 0.2) is 0 Å². The summed E-state index contributed by atoms with van der Waals surface area (Å²) in [6.45, 7) is 6.34. The van der Waals surface area contributed by atoms with Crippen molar-refractivity contribution in [1.29, 1.82) is 0 Å². The number of thiophene rings is 1. The Hall–Kier alpha value is -2.08. The number of pyridine rings is 1. The van der Waals surface area contributed by atoms with E-state index in [1.807, 2.05) is 24.3 Å². The fourth-order valence-corrected chi connectivity index (χ4v) is 6.59. The molecule has 0 spiro atoms. The Labute approximate surface area is 204 Å². The number of aromatic nitrogens is 1. The maximum absolute atomic E-state index is 11.8. The molecule has 1 N–H and O–H groups in total. The summed E-state index contributed by atoms with van der Waals surface area (Å²) in [5, 5.41) is 10.7. The third-order valence-corrected chi connectivity index (χ3v) is 8.86. The SMILES string of the molecule is CS(=O)(=O)N1CCN(Cc2cc3cc(-c4cccc(CO)c4)nc(N4CCOCC4)c3s2)CC1. The van der Waals surface area contributed by atoms with Gasteiger partial charge in [0.2, 0.25) is 10.0 Å². The molecule has 34 heavy (non-hydrogen) atoms. The van der Waals surface area contributed by atoms with Gasteiger partial charge in [-0.3, -0.25) is 4.90 Å². The Bertz CT molecular complexity index is 1260. The highest BCUT2D eigenvalue weighted by molar-refractivity contribution is 7.88. The standard InChI is InChI=1S/C24H30N4O4S2/c1-34(30,31)28-7-5-26(6-8-28)16-21-14-20-15-22(19-4-2-3-18(13-19)17-29)25-24(23(20)33-21)27-9-11-32-12-10-27/h2-4,13-15,29H,5-12,16-17H2,1H3. The van der Waals surface area contributed by atoms with Crippen molar-refractivity contribution in [2.45, 2.75) is 13.2 Å². The number of hydrogen-bond donors (Lipinski definition) is 1. The van der Waals surface area contributed by atoms with Gasteiger partial charge in [-0.2, -0.15) is 4.31 Å². The third kappa shape index (κ3) is 5.12. The molecule has 2 aromatic heterocycles. The van der Waals surface area contributed by atoms with Crippen molar-refractivity contribution in [2.24, 2.45) is 0 Å². The maximum atomic E-state index is 11.8. The molecule has 3 aromatic rings. The van der Waals surface area contributed by atoms with E-state index in [2.05, 4.69) is 21.9 Å². The van der Waals surface area contributed by atoms with E-state index in [0.717, 1.165) is 60.7 Å². The van der Waals surface area contributed by atoms with Gasteiger partial charge in [0.25, 0.3) is 0 Å². The van der Waals surface area contributed by atoms with E-state index in [1.165, 1.54) is 15.8 Å². The molecule has 182 valence electrons. The summed E-state index contributed by atoms with van der Waals surface area (Å²) in [5.74, 6) is 0.989. The number of rotatable bonds is 6. The largest absolute Gasteiger partial charge is 0.392 e. The van der Waals surface area contributed by atoms with Crippen LogP contribution in [-0.2, 0) is 27.9 Å². The minimum absolute atomic E-state index is 0.00159. The lowest BCUT2D eigenvalue weighted by molar-refractivity contribution is 0.122. The lowest BCUT2D eigenvalue weighted by atomic mass is 10.1. The fourth-order valence-electron chi connectivity index (χ4n) is 4.57. The molecule has 4 heterocycles. The summed E-state index contributed by atoms with van der Waals surface area (Å²) >= 11 is 1.77. The highest BCUT2D eigenvalue weighted by Gasteiger charge is 2.24. The quantitative estimate of drug-likeness (QED) is 0.554. The molecule has 0 amide bonds. The Morgan fingerprint density at radius 3 is 2.53 bits per heavy atom. The van der Waals surface area contributed by atoms with Crippen molar-refractivity contribution in [3.63, 3.8) is 0 Å². The van der Waals surface area contributed by atoms with Crippen molar-refractivity contribution < 1.29 is 18.3 Å². The summed E-state index contributed by atoms with van der Waals surface area (Å²) < 4.78 is 31.9. The van der Waals surface area contributed by atoms with Gasteiger partial charge >= 0.3 is 0 Å². The molecule has 5 rings (SSSR count). The molecule has 0 saturated carbocycles. The van der Waals surface area contributed by atoms with Crippen molar-refractivity contribution >= 4 is 37.3 Å². The molecule has 0 aliphatic carbocycles. The predicted octanol–water partition coefficient (Wildman–Crippen LogP) is 2.37. The number of hydrogen-bond acceptors (Lipinski definition) is 8. The average Bonchev–Trinajstić information content (AvgIpc) is 3.26. The number of aliphatic hydroxyl groups excluding tert-OH is 1. The Morgan fingerprint density at radius 2 is 1.82 bits per heavy atom. The molecule has 8 nitrogen and oxygen atoms in total. The zero-order chi connectivity index (χ0) is 23.7. The number of morpholine rings is 1. The average molecular weight is 503 g/mol. The smallest absolute Gasteiger partial charge is 0.211 e. The second-order valence-corrected chi connectivity index (χ2v) is 12.0. The first kappa shape index (κ1) is 23.7. The van der Waals surface area contributed by atoms with Gasteiger partial charge in [0.1, 0.15) is 5.82 Å². The van der Waals surface area contributed by atoms with Crippen LogP contribution in [-0.4, -0.2) is 86.5 Å². The summed E-state index contributed by atoms with van der Waals surface area (Å²) in [4.78, 5) is 11.0. The van der Waals surface area contributed by atoms with E-state index in [4.69, 9.17) is 9.72 Å². The van der Waals surface area contributed by atoms with Crippen LogP contribution >= 0.6 is 11.3 Å². The molecule has 0 radical (unpaired) electrons. The first-order valence-electron chi connectivity index (χ1n) is 11.5. The van der Waals surface area contributed by atoms with E-state index < -0.39 is 10.0 Å². The van der Waals surface area contributed by atoms with E-state index in [0.29, 0.717) is 26.3 Å². The Morgan fingerprint density at radius 1 is 1.06 bits per heavy atom. The number of aliphatic hydroxyl groups is 1. The number of fused-ring (bicyclic) bond motifs is 1. The summed E-state index contributed by atoms with van der Waals surface area (Å²) in [5.41, 5.74) is 2.76. The first-order chi connectivity index (χ1) is 16.4. The zero-order valence-electron chi connectivity index (χ0n) is 19.3. The highest BCUT2D eigenvalue weighted by Crippen LogP contribution is 2.37. The molecular formula is C24H30N4O4S2. The van der Waals surface area contributed by atoms with Crippen molar-refractivity contribution in [2.75, 3.05) is 63.6 Å². The fraction of sp³-hybridized carbons (Fsp3) is 0.458. The van der Waals surface area contributed by atoms with Crippen LogP contribution in [0.3, 0.4) is 0 Å². The van der Waals surface area contributed by atoms with Crippen LogP contribution < -0.4 is 4.90 Å². The minimum Gasteiger partial charge on any atom is -0.392 e. The number of anilines is 1. The predicted molar refractivity (Wildman–Crippen MR) is 136 cm³/mol. The van der Waals surface area contributed by atoms with Gasteiger partial charge in [-0.05, 0) is 29.1 Å². The number of benzene rings is 1. The van der Waals surface area contributed by atoms with Gasteiger partial charge in [0.05, 0.1) is 36.5 Å². The van der Waals surface area contributed by atoms with E-state index in [1.54, 1.807) is 15.6 Å². The van der Waals surface area contributed by atoms with Crippen molar-refractivity contribution in [1.82, 2.24) is 14.2 Å². The van der Waals surface area contributed by atoms with Crippen LogP contribution in [0.2, 0.25) is 0 Å². The molecular weight excluding hydrogens is 472 g/mol. The van der Waals surface area contributed by atoms with Crippen LogP contribution in [0, 0.1) is 0 Å². The molecule has 2 aliphatic rings. The molecule has 0 bridgehead atoms.